The monoisotopic (exact) mass is 222 g/mol. The minimum atomic E-state index is 0.428. The molecule has 16 heavy (non-hydrogen) atoms. The summed E-state index contributed by atoms with van der Waals surface area (Å²) in [4.78, 5) is 2.59. The number of hydrogen-bond acceptors (Lipinski definition) is 2. The van der Waals surface area contributed by atoms with E-state index in [4.69, 9.17) is 5.73 Å². The molecule has 0 spiro atoms. The van der Waals surface area contributed by atoms with Crippen molar-refractivity contribution >= 4 is 0 Å². The van der Waals surface area contributed by atoms with Crippen LogP contribution in [0.15, 0.2) is 12.2 Å². The van der Waals surface area contributed by atoms with Crippen molar-refractivity contribution in [3.63, 3.8) is 0 Å². The summed E-state index contributed by atoms with van der Waals surface area (Å²) in [5, 5.41) is 0. The SMILES string of the molecule is CC1CCC(CN)(CN2CC=CCC2)CC1. The van der Waals surface area contributed by atoms with E-state index < -0.39 is 0 Å². The van der Waals surface area contributed by atoms with Gasteiger partial charge in [0.25, 0.3) is 0 Å². The van der Waals surface area contributed by atoms with Crippen LogP contribution in [0.4, 0.5) is 0 Å². The fourth-order valence-electron chi connectivity index (χ4n) is 3.11. The minimum absolute atomic E-state index is 0.428. The molecule has 2 rings (SSSR count). The van der Waals surface area contributed by atoms with Gasteiger partial charge in [-0.2, -0.15) is 0 Å². The van der Waals surface area contributed by atoms with Crippen LogP contribution in [0.3, 0.4) is 0 Å². The van der Waals surface area contributed by atoms with E-state index in [2.05, 4.69) is 24.0 Å². The van der Waals surface area contributed by atoms with Crippen LogP contribution in [-0.4, -0.2) is 31.1 Å². The quantitative estimate of drug-likeness (QED) is 0.743. The lowest BCUT2D eigenvalue weighted by Crippen LogP contribution is -2.45. The lowest BCUT2D eigenvalue weighted by Gasteiger charge is -2.42. The second kappa shape index (κ2) is 5.33. The molecule has 0 aromatic carbocycles. The largest absolute Gasteiger partial charge is 0.330 e. The highest BCUT2D eigenvalue weighted by molar-refractivity contribution is 4.95. The number of rotatable bonds is 3. The third-order valence-electron chi connectivity index (χ3n) is 4.47. The van der Waals surface area contributed by atoms with E-state index in [0.29, 0.717) is 5.41 Å². The third kappa shape index (κ3) is 2.86. The van der Waals surface area contributed by atoms with Crippen LogP contribution < -0.4 is 5.73 Å². The van der Waals surface area contributed by atoms with E-state index in [0.717, 1.165) is 19.0 Å². The molecule has 0 saturated heterocycles. The Morgan fingerprint density at radius 3 is 2.62 bits per heavy atom. The molecule has 0 amide bonds. The van der Waals surface area contributed by atoms with Crippen molar-refractivity contribution in [2.45, 2.75) is 39.0 Å². The van der Waals surface area contributed by atoms with Crippen molar-refractivity contribution in [1.82, 2.24) is 4.90 Å². The maximum absolute atomic E-state index is 6.06. The summed E-state index contributed by atoms with van der Waals surface area (Å²) in [6.45, 7) is 6.84. The fraction of sp³-hybridized carbons (Fsp3) is 0.857. The van der Waals surface area contributed by atoms with E-state index in [1.807, 2.05) is 0 Å². The number of nitrogens with two attached hydrogens (primary N) is 1. The Hall–Kier alpha value is -0.340. The van der Waals surface area contributed by atoms with Crippen molar-refractivity contribution in [2.75, 3.05) is 26.2 Å². The Bertz CT molecular complexity index is 239. The highest BCUT2D eigenvalue weighted by Crippen LogP contribution is 2.38. The van der Waals surface area contributed by atoms with Gasteiger partial charge in [0.2, 0.25) is 0 Å². The first-order valence-corrected chi connectivity index (χ1v) is 6.81. The molecule has 2 nitrogen and oxygen atoms in total. The molecule has 1 aliphatic heterocycles. The van der Waals surface area contributed by atoms with Crippen molar-refractivity contribution in [3.8, 4) is 0 Å². The number of hydrogen-bond donors (Lipinski definition) is 1. The van der Waals surface area contributed by atoms with Gasteiger partial charge >= 0.3 is 0 Å². The first-order valence-electron chi connectivity index (χ1n) is 6.81. The van der Waals surface area contributed by atoms with Gasteiger partial charge in [-0.25, -0.2) is 0 Å². The topological polar surface area (TPSA) is 29.3 Å². The first kappa shape index (κ1) is 12.1. The molecule has 2 N–H and O–H groups in total. The normalized spacial score (nSPS) is 36.5. The van der Waals surface area contributed by atoms with Crippen molar-refractivity contribution in [1.29, 1.82) is 0 Å². The molecule has 1 fully saturated rings. The first-order chi connectivity index (χ1) is 7.74. The van der Waals surface area contributed by atoms with Gasteiger partial charge < -0.3 is 5.73 Å². The maximum atomic E-state index is 6.06. The summed E-state index contributed by atoms with van der Waals surface area (Å²) in [6.07, 6.45) is 11.3. The number of nitrogens with zero attached hydrogens (tertiary/aromatic N) is 1. The summed E-state index contributed by atoms with van der Waals surface area (Å²) in [5.74, 6) is 0.918. The standard InChI is InChI=1S/C14H26N2/c1-13-5-7-14(11-15,8-6-13)12-16-9-3-2-4-10-16/h2-3,13H,4-12,15H2,1H3. The van der Waals surface area contributed by atoms with Crippen molar-refractivity contribution in [3.05, 3.63) is 12.2 Å². The third-order valence-corrected chi connectivity index (χ3v) is 4.47. The molecule has 2 heteroatoms. The molecule has 0 radical (unpaired) electrons. The van der Waals surface area contributed by atoms with Crippen LogP contribution in [0.1, 0.15) is 39.0 Å². The fourth-order valence-corrected chi connectivity index (χ4v) is 3.11. The lowest BCUT2D eigenvalue weighted by molar-refractivity contribution is 0.0999. The van der Waals surface area contributed by atoms with E-state index in [1.165, 1.54) is 45.2 Å². The van der Waals surface area contributed by atoms with Gasteiger partial charge in [-0.05, 0) is 37.1 Å². The molecule has 0 aromatic heterocycles. The van der Waals surface area contributed by atoms with Gasteiger partial charge in [-0.3, -0.25) is 4.90 Å². The summed E-state index contributed by atoms with van der Waals surface area (Å²) >= 11 is 0. The van der Waals surface area contributed by atoms with Crippen LogP contribution in [-0.2, 0) is 0 Å². The molecule has 92 valence electrons. The van der Waals surface area contributed by atoms with Gasteiger partial charge in [0.1, 0.15) is 0 Å². The zero-order valence-electron chi connectivity index (χ0n) is 10.6. The van der Waals surface area contributed by atoms with Crippen molar-refractivity contribution in [2.24, 2.45) is 17.1 Å². The zero-order valence-corrected chi connectivity index (χ0v) is 10.6. The van der Waals surface area contributed by atoms with E-state index in [-0.39, 0.29) is 0 Å². The second-order valence-corrected chi connectivity index (χ2v) is 5.88. The van der Waals surface area contributed by atoms with Gasteiger partial charge in [0.05, 0.1) is 0 Å². The van der Waals surface area contributed by atoms with Crippen molar-refractivity contribution < 1.29 is 0 Å². The highest BCUT2D eigenvalue weighted by atomic mass is 15.1. The Balaban J connectivity index is 1.91. The van der Waals surface area contributed by atoms with Crippen LogP contribution in [0.2, 0.25) is 0 Å². The Labute approximate surface area is 99.9 Å². The summed E-state index contributed by atoms with van der Waals surface area (Å²) in [7, 11) is 0. The van der Waals surface area contributed by atoms with E-state index >= 15 is 0 Å². The molecule has 0 aromatic rings. The molecule has 1 heterocycles. The molecule has 1 saturated carbocycles. The smallest absolute Gasteiger partial charge is 0.0163 e. The molecule has 0 unspecified atom stereocenters. The predicted molar refractivity (Wildman–Crippen MR) is 69.3 cm³/mol. The van der Waals surface area contributed by atoms with Gasteiger partial charge in [0, 0.05) is 19.6 Å². The predicted octanol–water partition coefficient (Wildman–Crippen LogP) is 2.40. The van der Waals surface area contributed by atoms with Crippen LogP contribution in [0.25, 0.3) is 0 Å². The minimum Gasteiger partial charge on any atom is -0.330 e. The van der Waals surface area contributed by atoms with E-state index in [9.17, 15) is 0 Å². The Morgan fingerprint density at radius 1 is 1.31 bits per heavy atom. The average molecular weight is 222 g/mol. The van der Waals surface area contributed by atoms with Gasteiger partial charge in [-0.15, -0.1) is 0 Å². The zero-order chi connectivity index (χ0) is 11.4. The van der Waals surface area contributed by atoms with Crippen LogP contribution >= 0.6 is 0 Å². The molecular weight excluding hydrogens is 196 g/mol. The highest BCUT2D eigenvalue weighted by Gasteiger charge is 2.34. The molecule has 1 aliphatic carbocycles. The maximum Gasteiger partial charge on any atom is 0.0163 e. The summed E-state index contributed by atoms with van der Waals surface area (Å²) in [5.41, 5.74) is 6.48. The van der Waals surface area contributed by atoms with Gasteiger partial charge in [0.15, 0.2) is 0 Å². The molecule has 2 aliphatic rings. The summed E-state index contributed by atoms with van der Waals surface area (Å²) < 4.78 is 0. The lowest BCUT2D eigenvalue weighted by atomic mass is 9.70. The van der Waals surface area contributed by atoms with E-state index in [1.54, 1.807) is 0 Å². The molecule has 0 atom stereocenters. The van der Waals surface area contributed by atoms with Gasteiger partial charge in [-0.1, -0.05) is 31.9 Å². The van der Waals surface area contributed by atoms with Crippen LogP contribution in [0, 0.1) is 11.3 Å². The molecule has 0 bridgehead atoms. The Kier molecular flexibility index (Phi) is 4.04. The molecular formula is C14H26N2. The summed E-state index contributed by atoms with van der Waals surface area (Å²) in [6, 6.07) is 0. The average Bonchev–Trinajstić information content (AvgIpc) is 2.34. The Morgan fingerprint density at radius 2 is 2.06 bits per heavy atom. The second-order valence-electron chi connectivity index (χ2n) is 5.88. The van der Waals surface area contributed by atoms with Crippen LogP contribution in [0.5, 0.6) is 0 Å².